The second kappa shape index (κ2) is 7.67. The van der Waals surface area contributed by atoms with Crippen molar-refractivity contribution in [2.45, 2.75) is 11.8 Å². The highest BCUT2D eigenvalue weighted by Gasteiger charge is 2.28. The minimum Gasteiger partial charge on any atom is -0.460 e. The number of nitrogens with zero attached hydrogens (tertiary/aromatic N) is 1. The van der Waals surface area contributed by atoms with Crippen molar-refractivity contribution in [3.8, 4) is 0 Å². The molecule has 1 heterocycles. The number of ether oxygens (including phenoxy) is 2. The third-order valence-electron chi connectivity index (χ3n) is 3.66. The van der Waals surface area contributed by atoms with Gasteiger partial charge in [0.2, 0.25) is 0 Å². The van der Waals surface area contributed by atoms with Crippen molar-refractivity contribution in [2.24, 2.45) is 4.40 Å². The summed E-state index contributed by atoms with van der Waals surface area (Å²) in [6, 6.07) is 13.2. The summed E-state index contributed by atoms with van der Waals surface area (Å²) < 4.78 is 38.2. The lowest BCUT2D eigenvalue weighted by molar-refractivity contribution is 0.0335. The number of carbonyl (C=O) groups is 1. The third-order valence-corrected chi connectivity index (χ3v) is 4.99. The summed E-state index contributed by atoms with van der Waals surface area (Å²) >= 11 is 0. The van der Waals surface area contributed by atoms with Gasteiger partial charge >= 0.3 is 5.97 Å². The average molecular weight is 374 g/mol. The molecule has 0 amide bonds. The minimum atomic E-state index is -3.70. The molecule has 26 heavy (non-hydrogen) atoms. The third kappa shape index (κ3) is 3.92. The standard InChI is InChI=1S/C18H18N2O5S/c1-2-24-10-11-25-18(21)13-6-5-7-14(12-13)19-17-15-8-3-4-9-16(15)26(22,23)20-17/h3-9,12H,2,10-11H2,1H3,(H,19,20). The van der Waals surface area contributed by atoms with Gasteiger partial charge in [-0.25, -0.2) is 4.79 Å². The largest absolute Gasteiger partial charge is 0.460 e. The van der Waals surface area contributed by atoms with Crippen LogP contribution in [0.5, 0.6) is 0 Å². The Morgan fingerprint density at radius 1 is 1.12 bits per heavy atom. The Balaban J connectivity index is 1.75. The fourth-order valence-corrected chi connectivity index (χ4v) is 3.65. The van der Waals surface area contributed by atoms with Crippen LogP contribution in [0.1, 0.15) is 22.8 Å². The molecule has 0 fully saturated rings. The fourth-order valence-electron chi connectivity index (χ4n) is 2.48. The highest BCUT2D eigenvalue weighted by atomic mass is 32.2. The van der Waals surface area contributed by atoms with Gasteiger partial charge in [0.15, 0.2) is 5.84 Å². The highest BCUT2D eigenvalue weighted by molar-refractivity contribution is 7.90. The van der Waals surface area contributed by atoms with E-state index in [4.69, 9.17) is 9.47 Å². The maximum absolute atomic E-state index is 12.1. The van der Waals surface area contributed by atoms with Crippen molar-refractivity contribution in [1.82, 2.24) is 0 Å². The summed E-state index contributed by atoms with van der Waals surface area (Å²) in [4.78, 5) is 12.2. The Hall–Kier alpha value is -2.71. The monoisotopic (exact) mass is 374 g/mol. The number of amidine groups is 1. The molecule has 0 bridgehead atoms. The molecule has 0 saturated heterocycles. The number of hydrogen-bond donors (Lipinski definition) is 1. The van der Waals surface area contributed by atoms with E-state index in [0.717, 1.165) is 0 Å². The van der Waals surface area contributed by atoms with Gasteiger partial charge in [0.1, 0.15) is 11.5 Å². The summed E-state index contributed by atoms with van der Waals surface area (Å²) in [6.45, 7) is 2.93. The number of esters is 1. The average Bonchev–Trinajstić information content (AvgIpc) is 2.89. The van der Waals surface area contributed by atoms with Gasteiger partial charge in [-0.2, -0.15) is 8.42 Å². The first-order valence-electron chi connectivity index (χ1n) is 8.07. The Kier molecular flexibility index (Phi) is 5.34. The molecule has 0 radical (unpaired) electrons. The number of carbonyl (C=O) groups excluding carboxylic acids is 1. The summed E-state index contributed by atoms with van der Waals surface area (Å²) in [7, 11) is -3.70. The van der Waals surface area contributed by atoms with Gasteiger partial charge in [0.05, 0.1) is 12.2 Å². The van der Waals surface area contributed by atoms with E-state index >= 15 is 0 Å². The smallest absolute Gasteiger partial charge is 0.338 e. The van der Waals surface area contributed by atoms with E-state index in [2.05, 4.69) is 9.71 Å². The highest BCUT2D eigenvalue weighted by Crippen LogP contribution is 2.26. The number of hydrogen-bond acceptors (Lipinski definition) is 6. The van der Waals surface area contributed by atoms with Gasteiger partial charge in [-0.05, 0) is 37.3 Å². The maximum atomic E-state index is 12.1. The normalized spacial score (nSPS) is 14.4. The summed E-state index contributed by atoms with van der Waals surface area (Å²) in [6.07, 6.45) is 0. The number of anilines is 1. The van der Waals surface area contributed by atoms with E-state index < -0.39 is 16.0 Å². The van der Waals surface area contributed by atoms with Gasteiger partial charge < -0.3 is 14.8 Å². The van der Waals surface area contributed by atoms with Crippen LogP contribution in [0.4, 0.5) is 5.69 Å². The number of sulfonamides is 1. The molecule has 7 nitrogen and oxygen atoms in total. The number of nitrogens with one attached hydrogen (secondary N) is 1. The lowest BCUT2D eigenvalue weighted by atomic mass is 10.1. The van der Waals surface area contributed by atoms with Gasteiger partial charge in [0, 0.05) is 17.9 Å². The van der Waals surface area contributed by atoms with Crippen molar-refractivity contribution >= 4 is 27.5 Å². The number of benzene rings is 2. The molecule has 2 aromatic carbocycles. The second-order valence-corrected chi connectivity index (χ2v) is 7.02. The second-order valence-electron chi connectivity index (χ2n) is 5.45. The van der Waals surface area contributed by atoms with E-state index in [1.807, 2.05) is 6.92 Å². The molecule has 1 aliphatic rings. The molecule has 8 heteroatoms. The molecule has 3 rings (SSSR count). The predicted octanol–water partition coefficient (Wildman–Crippen LogP) is 2.44. The van der Waals surface area contributed by atoms with Gasteiger partial charge in [-0.15, -0.1) is 4.40 Å². The van der Waals surface area contributed by atoms with Crippen LogP contribution in [-0.2, 0) is 19.5 Å². The Morgan fingerprint density at radius 2 is 1.92 bits per heavy atom. The van der Waals surface area contributed by atoms with Crippen molar-refractivity contribution in [3.05, 3.63) is 59.7 Å². The van der Waals surface area contributed by atoms with Gasteiger partial charge in [-0.1, -0.05) is 18.2 Å². The van der Waals surface area contributed by atoms with E-state index in [1.54, 1.807) is 42.5 Å². The van der Waals surface area contributed by atoms with Crippen molar-refractivity contribution < 1.29 is 22.7 Å². The number of rotatable bonds is 6. The first-order valence-corrected chi connectivity index (χ1v) is 9.51. The molecular formula is C18H18N2O5S. The molecule has 0 atom stereocenters. The molecule has 0 aliphatic carbocycles. The van der Waals surface area contributed by atoms with Gasteiger partial charge in [-0.3, -0.25) is 0 Å². The van der Waals surface area contributed by atoms with Crippen LogP contribution >= 0.6 is 0 Å². The van der Waals surface area contributed by atoms with E-state index in [9.17, 15) is 13.2 Å². The summed E-state index contributed by atoms with van der Waals surface area (Å²) in [5.41, 5.74) is 1.38. The van der Waals surface area contributed by atoms with E-state index in [1.165, 1.54) is 6.07 Å². The van der Waals surface area contributed by atoms with Crippen LogP contribution in [0.25, 0.3) is 0 Å². The molecule has 0 spiro atoms. The molecule has 136 valence electrons. The number of fused-ring (bicyclic) bond motifs is 1. The Morgan fingerprint density at radius 3 is 2.73 bits per heavy atom. The summed E-state index contributed by atoms with van der Waals surface area (Å²) in [5.74, 6) is -0.253. The molecular weight excluding hydrogens is 356 g/mol. The van der Waals surface area contributed by atoms with Crippen LogP contribution in [0, 0.1) is 0 Å². The molecule has 1 N–H and O–H groups in total. The van der Waals surface area contributed by atoms with Crippen LogP contribution < -0.4 is 5.32 Å². The van der Waals surface area contributed by atoms with Crippen LogP contribution in [0.15, 0.2) is 57.8 Å². The van der Waals surface area contributed by atoms with E-state index in [-0.39, 0.29) is 17.3 Å². The predicted molar refractivity (Wildman–Crippen MR) is 97.0 cm³/mol. The molecule has 1 aliphatic heterocycles. The molecule has 0 unspecified atom stereocenters. The fraction of sp³-hybridized carbons (Fsp3) is 0.222. The van der Waals surface area contributed by atoms with Crippen LogP contribution in [0.2, 0.25) is 0 Å². The Labute approximate surface area is 151 Å². The first kappa shape index (κ1) is 18.1. The van der Waals surface area contributed by atoms with Gasteiger partial charge in [0.25, 0.3) is 10.0 Å². The topological polar surface area (TPSA) is 94.1 Å². The minimum absolute atomic E-state index is 0.161. The Bertz CT molecular complexity index is 954. The van der Waals surface area contributed by atoms with Crippen molar-refractivity contribution in [2.75, 3.05) is 25.1 Å². The first-order chi connectivity index (χ1) is 12.5. The van der Waals surface area contributed by atoms with Crippen LogP contribution in [-0.4, -0.2) is 40.0 Å². The molecule has 0 aromatic heterocycles. The van der Waals surface area contributed by atoms with Crippen LogP contribution in [0.3, 0.4) is 0 Å². The molecule has 2 aromatic rings. The van der Waals surface area contributed by atoms with Crippen molar-refractivity contribution in [1.29, 1.82) is 0 Å². The SMILES string of the molecule is CCOCCOC(=O)c1cccc(NC2=NS(=O)(=O)c3ccccc32)c1. The zero-order chi connectivity index (χ0) is 18.6. The zero-order valence-corrected chi connectivity index (χ0v) is 15.0. The molecule has 0 saturated carbocycles. The van der Waals surface area contributed by atoms with Crippen molar-refractivity contribution in [3.63, 3.8) is 0 Å². The lowest BCUT2D eigenvalue weighted by Gasteiger charge is -2.09. The lowest BCUT2D eigenvalue weighted by Crippen LogP contribution is -2.13. The zero-order valence-electron chi connectivity index (χ0n) is 14.1. The maximum Gasteiger partial charge on any atom is 0.338 e. The summed E-state index contributed by atoms with van der Waals surface area (Å²) in [5, 5.41) is 2.96. The van der Waals surface area contributed by atoms with E-state index in [0.29, 0.717) is 30.0 Å². The quantitative estimate of drug-likeness (QED) is 0.616.